The van der Waals surface area contributed by atoms with Crippen molar-refractivity contribution in [2.75, 3.05) is 0 Å². The fourth-order valence-electron chi connectivity index (χ4n) is 9.03. The van der Waals surface area contributed by atoms with Gasteiger partial charge in [0.25, 0.3) is 0 Å². The molecule has 0 aromatic carbocycles. The quantitative estimate of drug-likeness (QED) is 0.374. The van der Waals surface area contributed by atoms with Crippen LogP contribution in [0.2, 0.25) is 0 Å². The monoisotopic (exact) mass is 506 g/mol. The Kier molecular flexibility index (Phi) is 6.96. The van der Waals surface area contributed by atoms with E-state index in [4.69, 9.17) is 0 Å². The molecule has 0 amide bonds. The molecule has 204 valence electrons. The number of rotatable bonds is 6. The molecule has 0 radical (unpaired) electrons. The average molecular weight is 507 g/mol. The summed E-state index contributed by atoms with van der Waals surface area (Å²) in [4.78, 5) is 26.3. The molecule has 5 N–H and O–H groups in total. The summed E-state index contributed by atoms with van der Waals surface area (Å²) in [5, 5.41) is 54.8. The van der Waals surface area contributed by atoms with Gasteiger partial charge < -0.3 is 25.5 Å². The minimum Gasteiger partial charge on any atom is -0.393 e. The van der Waals surface area contributed by atoms with Crippen molar-refractivity contribution < 1.29 is 35.1 Å². The van der Waals surface area contributed by atoms with E-state index in [1.165, 1.54) is 6.92 Å². The summed E-state index contributed by atoms with van der Waals surface area (Å²) in [5.74, 6) is -2.19. The van der Waals surface area contributed by atoms with E-state index in [2.05, 4.69) is 6.92 Å². The largest absolute Gasteiger partial charge is 0.393 e. The fraction of sp³-hybridized carbons (Fsp3) is 0.862. The SMILES string of the molecule is CC(=O)C1[C@H](O)[C@H](O)C[C@H]2C(=O)C=C3C(CC[C@]4(C)[C@@H](C(C)[C@H](O)CCC(C)(C)O)CC[C@@]34O)[C@@]12C. The average Bonchev–Trinajstić information content (AvgIpc) is 3.04. The topological polar surface area (TPSA) is 135 Å². The van der Waals surface area contributed by atoms with Crippen LogP contribution in [0.5, 0.6) is 0 Å². The number of carbonyl (C=O) groups excluding carboxylic acids is 2. The summed E-state index contributed by atoms with van der Waals surface area (Å²) in [5.41, 5.74) is -2.85. The molecule has 0 aliphatic heterocycles. The molecule has 7 heteroatoms. The standard InChI is InChI=1S/C29H46O7/c1-15(21(31)9-10-26(3,4)35)17-8-12-29(36)19-13-22(32)20-14-23(33)25(34)24(16(2)30)28(20,6)18(19)7-11-27(17,29)5/h13,15,17-18,20-21,23-25,31,33-36H,7-12,14H2,1-6H3/t15?,17-,18?,20+,21-,23-,24?,25-,27-,28-,29-/m1/s1. The molecule has 3 unspecified atom stereocenters. The Hall–Kier alpha value is -1.12. The normalized spacial score (nSPS) is 46.3. The van der Waals surface area contributed by atoms with Gasteiger partial charge in [-0.3, -0.25) is 9.59 Å². The Labute approximate surface area is 215 Å². The molecular weight excluding hydrogens is 460 g/mol. The van der Waals surface area contributed by atoms with Crippen molar-refractivity contribution in [3.63, 3.8) is 0 Å². The maximum atomic E-state index is 13.5. The van der Waals surface area contributed by atoms with Gasteiger partial charge in [-0.2, -0.15) is 0 Å². The van der Waals surface area contributed by atoms with Gasteiger partial charge in [0.15, 0.2) is 5.78 Å². The highest BCUT2D eigenvalue weighted by atomic mass is 16.3. The van der Waals surface area contributed by atoms with Crippen LogP contribution in [0.25, 0.3) is 0 Å². The molecule has 0 saturated heterocycles. The molecule has 7 nitrogen and oxygen atoms in total. The number of carbonyl (C=O) groups is 2. The van der Waals surface area contributed by atoms with Crippen LogP contribution in [-0.2, 0) is 9.59 Å². The van der Waals surface area contributed by atoms with Crippen LogP contribution < -0.4 is 0 Å². The number of hydrogen-bond donors (Lipinski definition) is 5. The van der Waals surface area contributed by atoms with Gasteiger partial charge in [-0.25, -0.2) is 0 Å². The van der Waals surface area contributed by atoms with Gasteiger partial charge in [-0.05, 0) is 101 Å². The number of ketones is 2. The molecule has 0 bridgehead atoms. The maximum absolute atomic E-state index is 13.5. The third kappa shape index (κ3) is 3.96. The number of allylic oxidation sites excluding steroid dienone is 1. The van der Waals surface area contributed by atoms with Crippen LogP contribution in [0.4, 0.5) is 0 Å². The van der Waals surface area contributed by atoms with E-state index in [0.29, 0.717) is 44.1 Å². The van der Waals surface area contributed by atoms with Crippen LogP contribution in [0.1, 0.15) is 86.5 Å². The van der Waals surface area contributed by atoms with Crippen LogP contribution >= 0.6 is 0 Å². The molecule has 3 fully saturated rings. The summed E-state index contributed by atoms with van der Waals surface area (Å²) < 4.78 is 0. The second-order valence-corrected chi connectivity index (χ2v) is 13.6. The van der Waals surface area contributed by atoms with E-state index in [1.807, 2.05) is 13.8 Å². The summed E-state index contributed by atoms with van der Waals surface area (Å²) in [6.45, 7) is 10.9. The third-order valence-electron chi connectivity index (χ3n) is 11.1. The molecule has 0 heterocycles. The number of aliphatic hydroxyl groups excluding tert-OH is 3. The van der Waals surface area contributed by atoms with Crippen LogP contribution in [0.15, 0.2) is 11.6 Å². The van der Waals surface area contributed by atoms with Crippen LogP contribution in [-0.4, -0.2) is 66.6 Å². The zero-order chi connectivity index (χ0) is 27.0. The van der Waals surface area contributed by atoms with Crippen molar-refractivity contribution in [3.05, 3.63) is 11.6 Å². The molecule has 11 atom stereocenters. The minimum absolute atomic E-state index is 0.0316. The zero-order valence-electron chi connectivity index (χ0n) is 22.7. The predicted octanol–water partition coefficient (Wildman–Crippen LogP) is 2.55. The number of hydrogen-bond acceptors (Lipinski definition) is 7. The van der Waals surface area contributed by atoms with Gasteiger partial charge in [0.2, 0.25) is 0 Å². The zero-order valence-corrected chi connectivity index (χ0v) is 22.7. The van der Waals surface area contributed by atoms with Gasteiger partial charge in [0.05, 0.1) is 35.4 Å². The lowest BCUT2D eigenvalue weighted by Crippen LogP contribution is -2.65. The second kappa shape index (κ2) is 8.98. The number of aliphatic hydroxyl groups is 5. The van der Waals surface area contributed by atoms with Crippen molar-refractivity contribution in [1.29, 1.82) is 0 Å². The lowest BCUT2D eigenvalue weighted by Gasteiger charge is -2.62. The predicted molar refractivity (Wildman–Crippen MR) is 135 cm³/mol. The lowest BCUT2D eigenvalue weighted by molar-refractivity contribution is -0.180. The van der Waals surface area contributed by atoms with Crippen molar-refractivity contribution in [2.45, 2.75) is 116 Å². The van der Waals surface area contributed by atoms with Gasteiger partial charge in [-0.1, -0.05) is 20.8 Å². The van der Waals surface area contributed by atoms with Crippen molar-refractivity contribution in [3.8, 4) is 0 Å². The lowest BCUT2D eigenvalue weighted by atomic mass is 9.43. The maximum Gasteiger partial charge on any atom is 0.159 e. The van der Waals surface area contributed by atoms with Gasteiger partial charge in [0, 0.05) is 11.3 Å². The van der Waals surface area contributed by atoms with Gasteiger partial charge in [0.1, 0.15) is 5.78 Å². The first kappa shape index (κ1) is 27.9. The Morgan fingerprint density at radius 1 is 1.17 bits per heavy atom. The van der Waals surface area contributed by atoms with Crippen molar-refractivity contribution >= 4 is 11.6 Å². The van der Waals surface area contributed by atoms with Crippen molar-refractivity contribution in [1.82, 2.24) is 0 Å². The molecule has 4 aliphatic carbocycles. The van der Waals surface area contributed by atoms with E-state index >= 15 is 0 Å². The Bertz CT molecular complexity index is 936. The summed E-state index contributed by atoms with van der Waals surface area (Å²) >= 11 is 0. The van der Waals surface area contributed by atoms with Crippen LogP contribution in [0, 0.1) is 40.4 Å². The van der Waals surface area contributed by atoms with E-state index < -0.39 is 52.2 Å². The minimum atomic E-state index is -1.24. The summed E-state index contributed by atoms with van der Waals surface area (Å²) in [7, 11) is 0. The van der Waals surface area contributed by atoms with E-state index in [1.54, 1.807) is 19.9 Å². The first-order valence-corrected chi connectivity index (χ1v) is 13.7. The summed E-state index contributed by atoms with van der Waals surface area (Å²) in [6.07, 6.45) is 2.21. The Morgan fingerprint density at radius 2 is 1.81 bits per heavy atom. The molecule has 3 saturated carbocycles. The molecule has 0 aromatic rings. The smallest absolute Gasteiger partial charge is 0.159 e. The third-order valence-corrected chi connectivity index (χ3v) is 11.1. The van der Waals surface area contributed by atoms with Crippen LogP contribution in [0.3, 0.4) is 0 Å². The fourth-order valence-corrected chi connectivity index (χ4v) is 9.03. The van der Waals surface area contributed by atoms with E-state index in [-0.39, 0.29) is 35.7 Å². The van der Waals surface area contributed by atoms with E-state index in [9.17, 15) is 35.1 Å². The van der Waals surface area contributed by atoms with E-state index in [0.717, 1.165) is 0 Å². The highest BCUT2D eigenvalue weighted by Crippen LogP contribution is 2.69. The molecule has 4 aliphatic rings. The molecule has 4 rings (SSSR count). The number of Topliss-reactive ketones (excluding diaryl/α,β-unsaturated/α-hetero) is 1. The van der Waals surface area contributed by atoms with Gasteiger partial charge >= 0.3 is 0 Å². The Morgan fingerprint density at radius 3 is 2.39 bits per heavy atom. The van der Waals surface area contributed by atoms with Gasteiger partial charge in [-0.15, -0.1) is 0 Å². The highest BCUT2D eigenvalue weighted by molar-refractivity contribution is 5.96. The summed E-state index contributed by atoms with van der Waals surface area (Å²) in [6, 6.07) is 0. The first-order valence-electron chi connectivity index (χ1n) is 13.7. The Balaban J connectivity index is 1.69. The molecule has 0 spiro atoms. The molecular formula is C29H46O7. The van der Waals surface area contributed by atoms with Crippen molar-refractivity contribution in [2.24, 2.45) is 40.4 Å². The highest BCUT2D eigenvalue weighted by Gasteiger charge is 2.69. The number of fused-ring (bicyclic) bond motifs is 5. The molecule has 36 heavy (non-hydrogen) atoms. The molecule has 0 aromatic heterocycles. The first-order chi connectivity index (χ1) is 16.5. The second-order valence-electron chi connectivity index (χ2n) is 13.6.